The maximum atomic E-state index is 14.6. The second kappa shape index (κ2) is 10.2. The predicted molar refractivity (Wildman–Crippen MR) is 122 cm³/mol. The van der Waals surface area contributed by atoms with Crippen molar-refractivity contribution >= 4 is 5.91 Å². The van der Waals surface area contributed by atoms with Gasteiger partial charge in [0.2, 0.25) is 5.91 Å². The van der Waals surface area contributed by atoms with Gasteiger partial charge in [-0.05, 0) is 81.0 Å². The number of fused-ring (bicyclic) bond motifs is 1. The van der Waals surface area contributed by atoms with Gasteiger partial charge < -0.3 is 15.0 Å². The van der Waals surface area contributed by atoms with Crippen LogP contribution in [0.5, 0.6) is 5.75 Å². The van der Waals surface area contributed by atoms with Crippen LogP contribution in [0.3, 0.4) is 0 Å². The molecule has 2 fully saturated rings. The molecule has 1 amide bonds. The second-order valence-corrected chi connectivity index (χ2v) is 9.74. The van der Waals surface area contributed by atoms with Gasteiger partial charge in [0.15, 0.2) is 0 Å². The van der Waals surface area contributed by atoms with Crippen molar-refractivity contribution in [1.29, 1.82) is 0 Å². The Morgan fingerprint density at radius 2 is 2.18 bits per heavy atom. The van der Waals surface area contributed by atoms with Crippen molar-refractivity contribution in [3.8, 4) is 5.75 Å². The monoisotopic (exact) mass is 455 g/mol. The largest absolute Gasteiger partial charge is 0.493 e. The molecular weight excluding hydrogens is 421 g/mol. The molecule has 1 saturated heterocycles. The van der Waals surface area contributed by atoms with Gasteiger partial charge in [-0.2, -0.15) is 5.10 Å². The zero-order chi connectivity index (χ0) is 22.6. The van der Waals surface area contributed by atoms with E-state index in [0.717, 1.165) is 30.0 Å². The smallest absolute Gasteiger partial charge is 0.227 e. The number of nitrogens with one attached hydrogen (secondary N) is 1. The van der Waals surface area contributed by atoms with Crippen molar-refractivity contribution in [2.75, 3.05) is 26.2 Å². The molecule has 2 aromatic rings. The van der Waals surface area contributed by atoms with E-state index in [1.54, 1.807) is 21.7 Å². The average molecular weight is 456 g/mol. The standard InChI is InChI=1S/C25H34FN5O2/c26-23-15-21(33-12-2-4-19-13-22(19)18-3-1-8-27-9-7-18)6-5-20(23)14-25(32)30-10-11-31-24(16-30)28-17-29-31/h5-6,15,17-19,22,27H,1-4,7-14,16H2. The second-order valence-electron chi connectivity index (χ2n) is 9.74. The van der Waals surface area contributed by atoms with Gasteiger partial charge in [-0.25, -0.2) is 14.1 Å². The number of halogens is 1. The van der Waals surface area contributed by atoms with Crippen LogP contribution in [0.2, 0.25) is 0 Å². The Bertz CT molecular complexity index is 956. The molecule has 1 N–H and O–H groups in total. The highest BCUT2D eigenvalue weighted by Gasteiger charge is 2.41. The number of carbonyl (C=O) groups is 1. The van der Waals surface area contributed by atoms with Crippen molar-refractivity contribution in [3.63, 3.8) is 0 Å². The van der Waals surface area contributed by atoms with E-state index in [2.05, 4.69) is 15.4 Å². The van der Waals surface area contributed by atoms with Gasteiger partial charge in [-0.3, -0.25) is 4.79 Å². The summed E-state index contributed by atoms with van der Waals surface area (Å²) in [5, 5.41) is 7.63. The van der Waals surface area contributed by atoms with E-state index in [1.807, 2.05) is 0 Å². The molecule has 1 saturated carbocycles. The number of benzene rings is 1. The minimum atomic E-state index is -0.384. The van der Waals surface area contributed by atoms with Crippen molar-refractivity contribution in [3.05, 3.63) is 41.7 Å². The summed E-state index contributed by atoms with van der Waals surface area (Å²) in [7, 11) is 0. The van der Waals surface area contributed by atoms with Crippen molar-refractivity contribution in [2.45, 2.75) is 58.0 Å². The molecule has 1 aliphatic carbocycles. The molecule has 8 heteroatoms. The van der Waals surface area contributed by atoms with Crippen molar-refractivity contribution in [1.82, 2.24) is 25.0 Å². The van der Waals surface area contributed by atoms with Gasteiger partial charge in [-0.15, -0.1) is 0 Å². The van der Waals surface area contributed by atoms with Crippen LogP contribution >= 0.6 is 0 Å². The van der Waals surface area contributed by atoms with Crippen LogP contribution < -0.4 is 10.1 Å². The molecule has 178 valence electrons. The minimum absolute atomic E-state index is 0.0417. The summed E-state index contributed by atoms with van der Waals surface area (Å²) in [5.41, 5.74) is 0.401. The number of rotatable bonds is 8. The molecular formula is C25H34FN5O2. The average Bonchev–Trinajstić information content (AvgIpc) is 3.51. The van der Waals surface area contributed by atoms with Crippen LogP contribution in [0.4, 0.5) is 4.39 Å². The van der Waals surface area contributed by atoms with E-state index >= 15 is 0 Å². The first-order chi connectivity index (χ1) is 16.2. The highest BCUT2D eigenvalue weighted by atomic mass is 19.1. The lowest BCUT2D eigenvalue weighted by atomic mass is 9.93. The van der Waals surface area contributed by atoms with Gasteiger partial charge in [0, 0.05) is 12.6 Å². The lowest BCUT2D eigenvalue weighted by molar-refractivity contribution is -0.132. The Balaban J connectivity index is 1.04. The summed E-state index contributed by atoms with van der Waals surface area (Å²) < 4.78 is 22.2. The third-order valence-electron chi connectivity index (χ3n) is 7.52. The summed E-state index contributed by atoms with van der Waals surface area (Å²) in [4.78, 5) is 18.5. The molecule has 7 nitrogen and oxygen atoms in total. The van der Waals surface area contributed by atoms with Crippen LogP contribution in [0, 0.1) is 23.6 Å². The third-order valence-corrected chi connectivity index (χ3v) is 7.52. The number of hydrogen-bond donors (Lipinski definition) is 1. The molecule has 3 heterocycles. The van der Waals surface area contributed by atoms with E-state index < -0.39 is 0 Å². The summed E-state index contributed by atoms with van der Waals surface area (Å²) in [5.74, 6) is 3.49. The van der Waals surface area contributed by atoms with E-state index in [4.69, 9.17) is 4.74 Å². The fourth-order valence-electron chi connectivity index (χ4n) is 5.50. The van der Waals surface area contributed by atoms with E-state index in [9.17, 15) is 9.18 Å². The third kappa shape index (κ3) is 5.54. The Labute approximate surface area is 194 Å². The van der Waals surface area contributed by atoms with Crippen LogP contribution in [0.25, 0.3) is 0 Å². The van der Waals surface area contributed by atoms with Gasteiger partial charge >= 0.3 is 0 Å². The summed E-state index contributed by atoms with van der Waals surface area (Å²) >= 11 is 0. The van der Waals surface area contributed by atoms with Crippen LogP contribution in [-0.4, -0.2) is 51.8 Å². The summed E-state index contributed by atoms with van der Waals surface area (Å²) in [6, 6.07) is 4.86. The minimum Gasteiger partial charge on any atom is -0.493 e. The fraction of sp³-hybridized carbons (Fsp3) is 0.640. The zero-order valence-electron chi connectivity index (χ0n) is 19.2. The molecule has 2 aliphatic heterocycles. The van der Waals surface area contributed by atoms with Gasteiger partial charge in [0.05, 0.1) is 26.1 Å². The number of nitrogens with zero attached hydrogens (tertiary/aromatic N) is 4. The quantitative estimate of drug-likeness (QED) is 0.619. The lowest BCUT2D eigenvalue weighted by Crippen LogP contribution is -2.39. The predicted octanol–water partition coefficient (Wildman–Crippen LogP) is 3.19. The first-order valence-corrected chi connectivity index (χ1v) is 12.4. The molecule has 0 spiro atoms. The molecule has 1 aromatic heterocycles. The Morgan fingerprint density at radius 1 is 1.24 bits per heavy atom. The zero-order valence-corrected chi connectivity index (χ0v) is 19.2. The van der Waals surface area contributed by atoms with Crippen molar-refractivity contribution in [2.24, 2.45) is 17.8 Å². The highest BCUT2D eigenvalue weighted by Crippen LogP contribution is 2.49. The Morgan fingerprint density at radius 3 is 3.09 bits per heavy atom. The van der Waals surface area contributed by atoms with Gasteiger partial charge in [-0.1, -0.05) is 6.07 Å². The van der Waals surface area contributed by atoms with Gasteiger partial charge in [0.1, 0.15) is 23.7 Å². The highest BCUT2D eigenvalue weighted by molar-refractivity contribution is 5.79. The Hall–Kier alpha value is -2.48. The van der Waals surface area contributed by atoms with Crippen molar-refractivity contribution < 1.29 is 13.9 Å². The SMILES string of the molecule is O=C(Cc1ccc(OCCCC2CC2C2CCCNCC2)cc1F)N1CCn2ncnc2C1. The normalized spacial score (nSPS) is 24.8. The number of hydrogen-bond acceptors (Lipinski definition) is 5. The van der Waals surface area contributed by atoms with Gasteiger partial charge in [0.25, 0.3) is 0 Å². The van der Waals surface area contributed by atoms with Crippen LogP contribution in [0.15, 0.2) is 24.5 Å². The molecule has 5 rings (SSSR count). The molecule has 33 heavy (non-hydrogen) atoms. The van der Waals surface area contributed by atoms with E-state index in [-0.39, 0.29) is 18.1 Å². The summed E-state index contributed by atoms with van der Waals surface area (Å²) in [6.45, 7) is 4.56. The first-order valence-electron chi connectivity index (χ1n) is 12.4. The van der Waals surface area contributed by atoms with E-state index in [0.29, 0.717) is 37.6 Å². The molecule has 3 aliphatic rings. The number of ether oxygens (including phenoxy) is 1. The molecule has 3 atom stereocenters. The number of carbonyl (C=O) groups excluding carboxylic acids is 1. The maximum Gasteiger partial charge on any atom is 0.227 e. The lowest BCUT2D eigenvalue weighted by Gasteiger charge is -2.26. The first kappa shape index (κ1) is 22.3. The Kier molecular flexibility index (Phi) is 6.90. The molecule has 3 unspecified atom stereocenters. The molecule has 1 aromatic carbocycles. The summed E-state index contributed by atoms with van der Waals surface area (Å²) in [6.07, 6.45) is 9.13. The number of amides is 1. The van der Waals surface area contributed by atoms with Crippen LogP contribution in [-0.2, 0) is 24.3 Å². The van der Waals surface area contributed by atoms with Crippen LogP contribution in [0.1, 0.15) is 49.9 Å². The fourth-order valence-corrected chi connectivity index (χ4v) is 5.50. The number of aromatic nitrogens is 3. The topological polar surface area (TPSA) is 72.3 Å². The maximum absolute atomic E-state index is 14.6. The molecule has 0 bridgehead atoms. The van der Waals surface area contributed by atoms with E-state index in [1.165, 1.54) is 57.6 Å². The molecule has 0 radical (unpaired) electrons.